The molecular weight excluding hydrogens is 232 g/mol. The number of carbonyl (C=O) groups excluding carboxylic acids is 1. The van der Waals surface area contributed by atoms with Crippen LogP contribution in [0.1, 0.15) is 26.5 Å². The molecule has 0 fully saturated rings. The summed E-state index contributed by atoms with van der Waals surface area (Å²) in [5, 5.41) is 2.84. The van der Waals surface area contributed by atoms with Crippen molar-refractivity contribution in [1.82, 2.24) is 4.37 Å². The number of anilines is 1. The number of hydrogen-bond donors (Lipinski definition) is 1. The number of nitrogens with zero attached hydrogens (tertiary/aromatic N) is 1. The number of nitrogens with one attached hydrogen (secondary N) is 1. The van der Waals surface area contributed by atoms with Gasteiger partial charge < -0.3 is 5.32 Å². The molecule has 0 saturated carbocycles. The first-order valence-electron chi connectivity index (χ1n) is 5.38. The van der Waals surface area contributed by atoms with Crippen molar-refractivity contribution >= 4 is 23.1 Å². The van der Waals surface area contributed by atoms with Gasteiger partial charge in [-0.1, -0.05) is 6.07 Å². The molecule has 0 aliphatic carbocycles. The van der Waals surface area contributed by atoms with Gasteiger partial charge in [-0.3, -0.25) is 4.79 Å². The Kier molecular flexibility index (Phi) is 3.24. The molecule has 1 aromatic heterocycles. The topological polar surface area (TPSA) is 42.0 Å². The summed E-state index contributed by atoms with van der Waals surface area (Å²) in [7, 11) is 0. The van der Waals surface area contributed by atoms with Gasteiger partial charge in [0.2, 0.25) is 0 Å². The lowest BCUT2D eigenvalue weighted by atomic mass is 10.1. The van der Waals surface area contributed by atoms with E-state index in [-0.39, 0.29) is 5.91 Å². The van der Waals surface area contributed by atoms with Crippen LogP contribution < -0.4 is 5.32 Å². The standard InChI is InChI=1S/C13H14N2OS/c1-8-4-5-11(6-9(8)2)14-13(16)12-7-10(3)17-15-12/h4-7H,1-3H3,(H,14,16). The molecule has 0 bridgehead atoms. The van der Waals surface area contributed by atoms with Crippen LogP contribution in [0, 0.1) is 20.8 Å². The number of carbonyl (C=O) groups is 1. The third kappa shape index (κ3) is 2.71. The molecule has 0 atom stereocenters. The van der Waals surface area contributed by atoms with Gasteiger partial charge in [-0.25, -0.2) is 0 Å². The fourth-order valence-electron chi connectivity index (χ4n) is 1.49. The maximum absolute atomic E-state index is 11.9. The molecule has 4 heteroatoms. The zero-order valence-electron chi connectivity index (χ0n) is 10.1. The molecule has 17 heavy (non-hydrogen) atoms. The molecule has 1 aromatic carbocycles. The molecule has 1 heterocycles. The minimum atomic E-state index is -0.155. The Hall–Kier alpha value is -1.68. The predicted octanol–water partition coefficient (Wildman–Crippen LogP) is 3.32. The van der Waals surface area contributed by atoms with Crippen molar-refractivity contribution in [2.45, 2.75) is 20.8 Å². The van der Waals surface area contributed by atoms with Gasteiger partial charge >= 0.3 is 0 Å². The molecule has 2 aromatic rings. The third-order valence-electron chi connectivity index (χ3n) is 2.63. The summed E-state index contributed by atoms with van der Waals surface area (Å²) >= 11 is 1.34. The molecule has 0 aliphatic heterocycles. The van der Waals surface area contributed by atoms with Gasteiger partial charge in [0.25, 0.3) is 5.91 Å². The molecule has 0 aliphatic rings. The summed E-state index contributed by atoms with van der Waals surface area (Å²) in [5.41, 5.74) is 3.67. The second-order valence-corrected chi connectivity index (χ2v) is 5.09. The van der Waals surface area contributed by atoms with Crippen molar-refractivity contribution in [1.29, 1.82) is 0 Å². The van der Waals surface area contributed by atoms with E-state index in [9.17, 15) is 4.79 Å². The lowest BCUT2D eigenvalue weighted by Crippen LogP contribution is -2.12. The lowest BCUT2D eigenvalue weighted by Gasteiger charge is -2.06. The Labute approximate surface area is 105 Å². The highest BCUT2D eigenvalue weighted by Gasteiger charge is 2.09. The van der Waals surface area contributed by atoms with Crippen molar-refractivity contribution in [3.8, 4) is 0 Å². The van der Waals surface area contributed by atoms with E-state index < -0.39 is 0 Å². The van der Waals surface area contributed by atoms with E-state index in [1.807, 2.05) is 39.0 Å². The fraction of sp³-hybridized carbons (Fsp3) is 0.231. The second kappa shape index (κ2) is 4.67. The Balaban J connectivity index is 2.15. The predicted molar refractivity (Wildman–Crippen MR) is 70.7 cm³/mol. The van der Waals surface area contributed by atoms with E-state index in [1.165, 1.54) is 17.1 Å². The van der Waals surface area contributed by atoms with Gasteiger partial charge in [0.05, 0.1) is 0 Å². The van der Waals surface area contributed by atoms with Crippen molar-refractivity contribution < 1.29 is 4.79 Å². The van der Waals surface area contributed by atoms with E-state index in [1.54, 1.807) is 6.07 Å². The highest BCUT2D eigenvalue weighted by molar-refractivity contribution is 7.05. The molecule has 0 radical (unpaired) electrons. The number of aromatic nitrogens is 1. The Bertz CT molecular complexity index is 560. The molecule has 3 nitrogen and oxygen atoms in total. The van der Waals surface area contributed by atoms with E-state index in [2.05, 4.69) is 9.69 Å². The van der Waals surface area contributed by atoms with Gasteiger partial charge in [-0.15, -0.1) is 0 Å². The summed E-state index contributed by atoms with van der Waals surface area (Å²) in [5.74, 6) is -0.155. The molecule has 0 spiro atoms. The van der Waals surface area contributed by atoms with Crippen LogP contribution in [0.25, 0.3) is 0 Å². The minimum Gasteiger partial charge on any atom is -0.321 e. The van der Waals surface area contributed by atoms with Crippen LogP contribution >= 0.6 is 11.5 Å². The van der Waals surface area contributed by atoms with Gasteiger partial charge in [-0.05, 0) is 61.6 Å². The average molecular weight is 246 g/mol. The second-order valence-electron chi connectivity index (χ2n) is 4.08. The van der Waals surface area contributed by atoms with Crippen LogP contribution in [-0.2, 0) is 0 Å². The molecule has 88 valence electrons. The molecule has 1 N–H and O–H groups in total. The van der Waals surface area contributed by atoms with Crippen molar-refractivity contribution in [2.24, 2.45) is 0 Å². The molecule has 1 amide bonds. The zero-order valence-corrected chi connectivity index (χ0v) is 10.9. The highest BCUT2D eigenvalue weighted by atomic mass is 32.1. The Morgan fingerprint density at radius 2 is 1.94 bits per heavy atom. The van der Waals surface area contributed by atoms with Crippen LogP contribution in [0.4, 0.5) is 5.69 Å². The molecule has 2 rings (SSSR count). The van der Waals surface area contributed by atoms with E-state index in [0.29, 0.717) is 5.69 Å². The minimum absolute atomic E-state index is 0.155. The monoisotopic (exact) mass is 246 g/mol. The largest absolute Gasteiger partial charge is 0.321 e. The summed E-state index contributed by atoms with van der Waals surface area (Å²) in [6, 6.07) is 7.66. The van der Waals surface area contributed by atoms with Gasteiger partial charge in [0, 0.05) is 10.6 Å². The van der Waals surface area contributed by atoms with Crippen LogP contribution in [0.2, 0.25) is 0 Å². The number of hydrogen-bond acceptors (Lipinski definition) is 3. The zero-order chi connectivity index (χ0) is 12.4. The number of amides is 1. The van der Waals surface area contributed by atoms with Crippen LogP contribution in [0.5, 0.6) is 0 Å². The van der Waals surface area contributed by atoms with Crippen molar-refractivity contribution in [2.75, 3.05) is 5.32 Å². The maximum Gasteiger partial charge on any atom is 0.275 e. The van der Waals surface area contributed by atoms with Crippen molar-refractivity contribution in [3.05, 3.63) is 46.0 Å². The lowest BCUT2D eigenvalue weighted by molar-refractivity contribution is 0.102. The average Bonchev–Trinajstić information content (AvgIpc) is 2.70. The number of rotatable bonds is 2. The number of benzene rings is 1. The Morgan fingerprint density at radius 1 is 1.18 bits per heavy atom. The van der Waals surface area contributed by atoms with Crippen molar-refractivity contribution in [3.63, 3.8) is 0 Å². The van der Waals surface area contributed by atoms with E-state index in [0.717, 1.165) is 16.1 Å². The first-order valence-corrected chi connectivity index (χ1v) is 6.15. The van der Waals surface area contributed by atoms with Gasteiger partial charge in [0.15, 0.2) is 0 Å². The van der Waals surface area contributed by atoms with E-state index >= 15 is 0 Å². The molecule has 0 saturated heterocycles. The third-order valence-corrected chi connectivity index (χ3v) is 3.32. The summed E-state index contributed by atoms with van der Waals surface area (Å²) in [4.78, 5) is 12.9. The maximum atomic E-state index is 11.9. The highest BCUT2D eigenvalue weighted by Crippen LogP contribution is 2.16. The van der Waals surface area contributed by atoms with Gasteiger partial charge in [-0.2, -0.15) is 4.37 Å². The fourth-order valence-corrected chi connectivity index (χ4v) is 2.03. The SMILES string of the molecule is Cc1cc(C(=O)Nc2ccc(C)c(C)c2)ns1. The molecule has 0 unspecified atom stereocenters. The normalized spacial score (nSPS) is 10.3. The van der Waals surface area contributed by atoms with Crippen LogP contribution in [-0.4, -0.2) is 10.3 Å². The van der Waals surface area contributed by atoms with Crippen LogP contribution in [0.15, 0.2) is 24.3 Å². The van der Waals surface area contributed by atoms with E-state index in [4.69, 9.17) is 0 Å². The first kappa shape index (κ1) is 11.8. The Morgan fingerprint density at radius 3 is 2.53 bits per heavy atom. The number of aryl methyl sites for hydroxylation is 3. The quantitative estimate of drug-likeness (QED) is 0.883. The first-order chi connectivity index (χ1) is 8.06. The summed E-state index contributed by atoms with van der Waals surface area (Å²) < 4.78 is 4.08. The smallest absolute Gasteiger partial charge is 0.275 e. The molecular formula is C13H14N2OS. The van der Waals surface area contributed by atoms with Gasteiger partial charge in [0.1, 0.15) is 5.69 Å². The summed E-state index contributed by atoms with van der Waals surface area (Å²) in [6.07, 6.45) is 0. The summed E-state index contributed by atoms with van der Waals surface area (Å²) in [6.45, 7) is 6.01. The van der Waals surface area contributed by atoms with Crippen LogP contribution in [0.3, 0.4) is 0 Å².